The molecule has 0 radical (unpaired) electrons. The van der Waals surface area contributed by atoms with Gasteiger partial charge in [-0.2, -0.15) is 0 Å². The molecule has 1 fully saturated rings. The highest BCUT2D eigenvalue weighted by Gasteiger charge is 2.48. The van der Waals surface area contributed by atoms with E-state index in [1.807, 2.05) is 31.3 Å². The summed E-state index contributed by atoms with van der Waals surface area (Å²) in [4.78, 5) is 0. The van der Waals surface area contributed by atoms with Gasteiger partial charge in [0, 0.05) is 16.5 Å². The lowest BCUT2D eigenvalue weighted by Crippen LogP contribution is -2.59. The fourth-order valence-corrected chi connectivity index (χ4v) is 2.56. The first-order valence-corrected chi connectivity index (χ1v) is 6.45. The number of rotatable bonds is 4. The van der Waals surface area contributed by atoms with Crippen LogP contribution in [0.3, 0.4) is 0 Å². The van der Waals surface area contributed by atoms with E-state index in [2.05, 4.69) is 19.2 Å². The summed E-state index contributed by atoms with van der Waals surface area (Å²) in [5.41, 5.74) is 1.40. The van der Waals surface area contributed by atoms with Gasteiger partial charge in [0.25, 0.3) is 0 Å². The van der Waals surface area contributed by atoms with Crippen LogP contribution >= 0.6 is 11.6 Å². The van der Waals surface area contributed by atoms with Crippen molar-refractivity contribution < 1.29 is 4.74 Å². The third kappa shape index (κ3) is 2.65. The van der Waals surface area contributed by atoms with Crippen molar-refractivity contribution in [3.63, 3.8) is 0 Å². The first-order chi connectivity index (χ1) is 8.04. The lowest BCUT2D eigenvalue weighted by atomic mass is 9.64. The van der Waals surface area contributed by atoms with Crippen LogP contribution in [0, 0.1) is 5.41 Å². The molecule has 1 aromatic rings. The molecule has 1 aliphatic rings. The summed E-state index contributed by atoms with van der Waals surface area (Å²) in [6.45, 7) is 5.18. The fraction of sp³-hybridized carbons (Fsp3) is 0.571. The molecule has 1 N–H and O–H groups in total. The molecule has 0 heterocycles. The van der Waals surface area contributed by atoms with E-state index in [-0.39, 0.29) is 5.41 Å². The quantitative estimate of drug-likeness (QED) is 0.890. The maximum Gasteiger partial charge on any atom is 0.0720 e. The fourth-order valence-electron chi connectivity index (χ4n) is 2.44. The van der Waals surface area contributed by atoms with Crippen molar-refractivity contribution in [2.45, 2.75) is 39.0 Å². The number of hydrogen-bond donors (Lipinski definition) is 1. The van der Waals surface area contributed by atoms with E-state index in [0.717, 1.165) is 11.4 Å². The maximum atomic E-state index is 5.97. The van der Waals surface area contributed by atoms with Crippen molar-refractivity contribution in [3.05, 3.63) is 34.9 Å². The highest BCUT2D eigenvalue weighted by molar-refractivity contribution is 6.30. The molecule has 0 aromatic heterocycles. The number of benzene rings is 1. The van der Waals surface area contributed by atoms with Gasteiger partial charge < -0.3 is 10.1 Å². The smallest absolute Gasteiger partial charge is 0.0720 e. The Balaban J connectivity index is 1.86. The van der Waals surface area contributed by atoms with Gasteiger partial charge in [-0.15, -0.1) is 0 Å². The molecular formula is C14H20ClNO. The molecule has 2 nitrogen and oxygen atoms in total. The van der Waals surface area contributed by atoms with Crippen LogP contribution in [-0.2, 0) is 11.3 Å². The molecule has 3 heteroatoms. The van der Waals surface area contributed by atoms with Gasteiger partial charge in [0.2, 0.25) is 0 Å². The first kappa shape index (κ1) is 12.9. The average Bonchev–Trinajstić information content (AvgIpc) is 2.30. The molecular weight excluding hydrogens is 234 g/mol. The molecule has 1 aliphatic carbocycles. The predicted molar refractivity (Wildman–Crippen MR) is 71.3 cm³/mol. The van der Waals surface area contributed by atoms with Gasteiger partial charge in [0.15, 0.2) is 0 Å². The van der Waals surface area contributed by atoms with E-state index in [1.165, 1.54) is 5.56 Å². The molecule has 0 saturated heterocycles. The van der Waals surface area contributed by atoms with Gasteiger partial charge in [0.05, 0.1) is 12.7 Å². The molecule has 2 unspecified atom stereocenters. The zero-order valence-electron chi connectivity index (χ0n) is 10.7. The van der Waals surface area contributed by atoms with Gasteiger partial charge >= 0.3 is 0 Å². The Kier molecular flexibility index (Phi) is 3.76. The number of halogens is 1. The molecule has 0 spiro atoms. The highest BCUT2D eigenvalue weighted by Crippen LogP contribution is 2.42. The zero-order chi connectivity index (χ0) is 12.5. The Morgan fingerprint density at radius 1 is 1.35 bits per heavy atom. The van der Waals surface area contributed by atoms with Gasteiger partial charge in [-0.05, 0) is 31.2 Å². The van der Waals surface area contributed by atoms with Crippen LogP contribution in [0.4, 0.5) is 0 Å². The van der Waals surface area contributed by atoms with Gasteiger partial charge in [-0.1, -0.05) is 37.6 Å². The lowest BCUT2D eigenvalue weighted by molar-refractivity contribution is -0.123. The van der Waals surface area contributed by atoms with Crippen molar-refractivity contribution in [1.29, 1.82) is 0 Å². The van der Waals surface area contributed by atoms with E-state index < -0.39 is 0 Å². The van der Waals surface area contributed by atoms with E-state index in [1.54, 1.807) is 0 Å². The zero-order valence-corrected chi connectivity index (χ0v) is 11.4. The van der Waals surface area contributed by atoms with Crippen LogP contribution in [0.2, 0.25) is 5.02 Å². The second-order valence-electron chi connectivity index (χ2n) is 5.32. The standard InChI is InChI=1S/C14H20ClNO/c1-14(2)12(16-3)8-13(14)17-9-10-4-6-11(15)7-5-10/h4-7,12-13,16H,8-9H2,1-3H3. The second-order valence-corrected chi connectivity index (χ2v) is 5.76. The highest BCUT2D eigenvalue weighted by atomic mass is 35.5. The van der Waals surface area contributed by atoms with Crippen LogP contribution in [0.15, 0.2) is 24.3 Å². The molecule has 1 aromatic carbocycles. The van der Waals surface area contributed by atoms with Gasteiger partial charge in [-0.25, -0.2) is 0 Å². The molecule has 2 atom stereocenters. The Hall–Kier alpha value is -0.570. The Labute approximate surface area is 108 Å². The molecule has 94 valence electrons. The number of hydrogen-bond acceptors (Lipinski definition) is 2. The summed E-state index contributed by atoms with van der Waals surface area (Å²) < 4.78 is 5.97. The lowest BCUT2D eigenvalue weighted by Gasteiger charge is -2.51. The normalized spacial score (nSPS) is 26.6. The van der Waals surface area contributed by atoms with Crippen molar-refractivity contribution in [2.75, 3.05) is 7.05 Å². The van der Waals surface area contributed by atoms with Crippen molar-refractivity contribution >= 4 is 11.6 Å². The average molecular weight is 254 g/mol. The van der Waals surface area contributed by atoms with Crippen LogP contribution in [0.1, 0.15) is 25.8 Å². The third-order valence-electron chi connectivity index (χ3n) is 3.89. The molecule has 2 rings (SSSR count). The third-order valence-corrected chi connectivity index (χ3v) is 4.14. The minimum absolute atomic E-state index is 0.223. The van der Waals surface area contributed by atoms with Gasteiger partial charge in [-0.3, -0.25) is 0 Å². The SMILES string of the molecule is CNC1CC(OCc2ccc(Cl)cc2)C1(C)C. The minimum Gasteiger partial charge on any atom is -0.373 e. The first-order valence-electron chi connectivity index (χ1n) is 6.07. The molecule has 0 aliphatic heterocycles. The topological polar surface area (TPSA) is 21.3 Å². The summed E-state index contributed by atoms with van der Waals surface area (Å²) in [6, 6.07) is 8.41. The summed E-state index contributed by atoms with van der Waals surface area (Å²) in [6.07, 6.45) is 1.44. The van der Waals surface area contributed by atoms with Gasteiger partial charge in [0.1, 0.15) is 0 Å². The summed E-state index contributed by atoms with van der Waals surface area (Å²) in [7, 11) is 2.02. The van der Waals surface area contributed by atoms with Crippen LogP contribution < -0.4 is 5.32 Å². The second kappa shape index (κ2) is 4.97. The Morgan fingerprint density at radius 3 is 2.53 bits per heavy atom. The van der Waals surface area contributed by atoms with E-state index >= 15 is 0 Å². The molecule has 17 heavy (non-hydrogen) atoms. The van der Waals surface area contributed by atoms with Crippen LogP contribution in [0.5, 0.6) is 0 Å². The molecule has 0 bridgehead atoms. The van der Waals surface area contributed by atoms with Crippen molar-refractivity contribution in [3.8, 4) is 0 Å². The monoisotopic (exact) mass is 253 g/mol. The van der Waals surface area contributed by atoms with E-state index in [4.69, 9.17) is 16.3 Å². The van der Waals surface area contributed by atoms with Crippen LogP contribution in [0.25, 0.3) is 0 Å². The Morgan fingerprint density at radius 2 is 2.00 bits per heavy atom. The van der Waals surface area contributed by atoms with Crippen LogP contribution in [-0.4, -0.2) is 19.2 Å². The predicted octanol–water partition coefficient (Wildman–Crippen LogP) is 3.24. The summed E-state index contributed by atoms with van der Waals surface area (Å²) in [5, 5.41) is 4.10. The van der Waals surface area contributed by atoms with E-state index in [9.17, 15) is 0 Å². The summed E-state index contributed by atoms with van der Waals surface area (Å²) >= 11 is 5.85. The molecule has 0 amide bonds. The summed E-state index contributed by atoms with van der Waals surface area (Å²) in [5.74, 6) is 0. The molecule has 1 saturated carbocycles. The van der Waals surface area contributed by atoms with Crippen molar-refractivity contribution in [1.82, 2.24) is 5.32 Å². The number of nitrogens with one attached hydrogen (secondary N) is 1. The Bertz CT molecular complexity index is 374. The largest absolute Gasteiger partial charge is 0.373 e. The maximum absolute atomic E-state index is 5.97. The minimum atomic E-state index is 0.223. The van der Waals surface area contributed by atoms with Crippen molar-refractivity contribution in [2.24, 2.45) is 5.41 Å². The number of ether oxygens (including phenoxy) is 1. The van der Waals surface area contributed by atoms with E-state index in [0.29, 0.717) is 18.8 Å².